The van der Waals surface area contributed by atoms with Crippen LogP contribution >= 0.6 is 0 Å². The van der Waals surface area contributed by atoms with Gasteiger partial charge in [0.15, 0.2) is 11.5 Å². The van der Waals surface area contributed by atoms with E-state index in [-0.39, 0.29) is 5.91 Å². The lowest BCUT2D eigenvalue weighted by Crippen LogP contribution is -2.07. The van der Waals surface area contributed by atoms with E-state index in [0.29, 0.717) is 36.3 Å². The summed E-state index contributed by atoms with van der Waals surface area (Å²) < 4.78 is 16.9. The molecule has 3 rings (SSSR count). The van der Waals surface area contributed by atoms with Gasteiger partial charge in [0.25, 0.3) is 0 Å². The number of carbonyl (C=O) groups is 1. The molecular formula is C19H21N3O4. The summed E-state index contributed by atoms with van der Waals surface area (Å²) in [5.41, 5.74) is 0.966. The first kappa shape index (κ1) is 17.8. The van der Waals surface area contributed by atoms with Gasteiger partial charge < -0.3 is 24.5 Å². The number of rotatable bonds is 8. The van der Waals surface area contributed by atoms with Crippen LogP contribution in [0.5, 0.6) is 17.2 Å². The van der Waals surface area contributed by atoms with Gasteiger partial charge in [0, 0.05) is 62.5 Å². The topological polar surface area (TPSA) is 85.5 Å². The summed E-state index contributed by atoms with van der Waals surface area (Å²) in [6, 6.07) is 9.17. The summed E-state index contributed by atoms with van der Waals surface area (Å²) in [6.07, 6.45) is 4.22. The average molecular weight is 355 g/mol. The number of amides is 1. The number of H-pyrrole nitrogens is 1. The van der Waals surface area contributed by atoms with Crippen LogP contribution < -0.4 is 14.8 Å². The van der Waals surface area contributed by atoms with E-state index in [1.165, 1.54) is 6.92 Å². The van der Waals surface area contributed by atoms with E-state index in [0.717, 1.165) is 17.3 Å². The number of nitrogens with zero attached hydrogens (tertiary/aromatic N) is 1. The van der Waals surface area contributed by atoms with E-state index >= 15 is 0 Å². The second kappa shape index (κ2) is 8.35. The molecular weight excluding hydrogens is 334 g/mol. The molecule has 0 aliphatic carbocycles. The number of methoxy groups -OCH3 is 1. The van der Waals surface area contributed by atoms with Gasteiger partial charge in [-0.05, 0) is 18.2 Å². The van der Waals surface area contributed by atoms with Crippen molar-refractivity contribution in [3.63, 3.8) is 0 Å². The third kappa shape index (κ3) is 4.52. The third-order valence-electron chi connectivity index (χ3n) is 3.63. The van der Waals surface area contributed by atoms with Gasteiger partial charge in [0.2, 0.25) is 5.91 Å². The van der Waals surface area contributed by atoms with Gasteiger partial charge in [-0.15, -0.1) is 0 Å². The maximum Gasteiger partial charge on any atom is 0.222 e. The van der Waals surface area contributed by atoms with E-state index in [2.05, 4.69) is 15.3 Å². The van der Waals surface area contributed by atoms with Crippen molar-refractivity contribution in [2.45, 2.75) is 13.3 Å². The molecule has 0 aliphatic heterocycles. The van der Waals surface area contributed by atoms with Crippen LogP contribution in [0.1, 0.15) is 13.3 Å². The molecule has 0 spiro atoms. The highest BCUT2D eigenvalue weighted by Gasteiger charge is 2.11. The lowest BCUT2D eigenvalue weighted by atomic mass is 10.2. The average Bonchev–Trinajstić information content (AvgIpc) is 3.05. The molecule has 1 amide bonds. The molecule has 2 N–H and O–H groups in total. The summed E-state index contributed by atoms with van der Waals surface area (Å²) in [5, 5.41) is 3.65. The van der Waals surface area contributed by atoms with E-state index in [1.54, 1.807) is 25.4 Å². The van der Waals surface area contributed by atoms with Gasteiger partial charge in [-0.3, -0.25) is 4.79 Å². The van der Waals surface area contributed by atoms with Gasteiger partial charge in [-0.25, -0.2) is 4.98 Å². The Morgan fingerprint density at radius 1 is 1.19 bits per heavy atom. The van der Waals surface area contributed by atoms with Crippen molar-refractivity contribution < 1.29 is 19.0 Å². The van der Waals surface area contributed by atoms with Crippen LogP contribution in [0.4, 0.5) is 5.82 Å². The molecule has 0 bridgehead atoms. The number of hydrogen-bond donors (Lipinski definition) is 2. The molecule has 0 saturated heterocycles. The van der Waals surface area contributed by atoms with Gasteiger partial charge in [0.1, 0.15) is 11.6 Å². The normalized spacial score (nSPS) is 10.7. The molecule has 0 saturated carbocycles. The summed E-state index contributed by atoms with van der Waals surface area (Å²) in [5.74, 6) is 2.02. The van der Waals surface area contributed by atoms with Gasteiger partial charge >= 0.3 is 0 Å². The summed E-state index contributed by atoms with van der Waals surface area (Å²) in [6.45, 7) is 2.58. The SMILES string of the molecule is COCCCOc1cc2[nH]ccc2cc1Oc1ccnc(NC(C)=O)c1. The van der Waals surface area contributed by atoms with Crippen molar-refractivity contribution in [1.82, 2.24) is 9.97 Å². The molecule has 0 aliphatic rings. The van der Waals surface area contributed by atoms with Gasteiger partial charge in [-0.2, -0.15) is 0 Å². The minimum atomic E-state index is -0.189. The first-order chi connectivity index (χ1) is 12.7. The minimum Gasteiger partial charge on any atom is -0.490 e. The fourth-order valence-electron chi connectivity index (χ4n) is 2.49. The monoisotopic (exact) mass is 355 g/mol. The number of benzene rings is 1. The van der Waals surface area contributed by atoms with Crippen LogP contribution in [-0.2, 0) is 9.53 Å². The second-order valence-electron chi connectivity index (χ2n) is 5.72. The largest absolute Gasteiger partial charge is 0.490 e. The fourth-order valence-corrected chi connectivity index (χ4v) is 2.49. The number of carbonyl (C=O) groups excluding carboxylic acids is 1. The Hall–Kier alpha value is -3.06. The number of anilines is 1. The molecule has 1 aromatic carbocycles. The molecule has 3 aromatic rings. The molecule has 7 heteroatoms. The minimum absolute atomic E-state index is 0.189. The maximum absolute atomic E-state index is 11.2. The molecule has 26 heavy (non-hydrogen) atoms. The zero-order valence-electron chi connectivity index (χ0n) is 14.7. The summed E-state index contributed by atoms with van der Waals surface area (Å²) in [7, 11) is 1.66. The first-order valence-electron chi connectivity index (χ1n) is 8.30. The Morgan fingerprint density at radius 3 is 2.88 bits per heavy atom. The molecule has 2 aromatic heterocycles. The first-order valence-corrected chi connectivity index (χ1v) is 8.30. The number of pyridine rings is 1. The van der Waals surface area contributed by atoms with Crippen LogP contribution in [0.2, 0.25) is 0 Å². The van der Waals surface area contributed by atoms with Crippen LogP contribution in [-0.4, -0.2) is 36.2 Å². The van der Waals surface area contributed by atoms with Crippen LogP contribution in [0.3, 0.4) is 0 Å². The Labute approximate surface area is 151 Å². The van der Waals surface area contributed by atoms with Crippen LogP contribution in [0.25, 0.3) is 10.9 Å². The van der Waals surface area contributed by atoms with E-state index in [4.69, 9.17) is 14.2 Å². The van der Waals surface area contributed by atoms with Crippen LogP contribution in [0, 0.1) is 0 Å². The number of hydrogen-bond acceptors (Lipinski definition) is 5. The van der Waals surface area contributed by atoms with Crippen molar-refractivity contribution in [1.29, 1.82) is 0 Å². The molecule has 0 atom stereocenters. The summed E-state index contributed by atoms with van der Waals surface area (Å²) >= 11 is 0. The van der Waals surface area contributed by atoms with Crippen LogP contribution in [0.15, 0.2) is 42.7 Å². The van der Waals surface area contributed by atoms with Crippen molar-refractivity contribution in [2.24, 2.45) is 0 Å². The Morgan fingerprint density at radius 2 is 2.08 bits per heavy atom. The van der Waals surface area contributed by atoms with Gasteiger partial charge in [-0.1, -0.05) is 0 Å². The Kier molecular flexibility index (Phi) is 5.70. The zero-order chi connectivity index (χ0) is 18.4. The second-order valence-corrected chi connectivity index (χ2v) is 5.72. The fraction of sp³-hybridized carbons (Fsp3) is 0.263. The Bertz CT molecular complexity index is 891. The molecule has 7 nitrogen and oxygen atoms in total. The summed E-state index contributed by atoms with van der Waals surface area (Å²) in [4.78, 5) is 18.5. The smallest absolute Gasteiger partial charge is 0.222 e. The Balaban J connectivity index is 1.84. The van der Waals surface area contributed by atoms with Crippen molar-refractivity contribution in [3.05, 3.63) is 42.7 Å². The highest BCUT2D eigenvalue weighted by molar-refractivity contribution is 5.87. The predicted molar refractivity (Wildman–Crippen MR) is 98.9 cm³/mol. The molecule has 0 unspecified atom stereocenters. The lowest BCUT2D eigenvalue weighted by Gasteiger charge is -2.13. The molecule has 2 heterocycles. The van der Waals surface area contributed by atoms with E-state index in [1.807, 2.05) is 24.4 Å². The number of aromatic nitrogens is 2. The number of fused-ring (bicyclic) bond motifs is 1. The van der Waals surface area contributed by atoms with E-state index < -0.39 is 0 Å². The van der Waals surface area contributed by atoms with Crippen molar-refractivity contribution in [3.8, 4) is 17.2 Å². The third-order valence-corrected chi connectivity index (χ3v) is 3.63. The van der Waals surface area contributed by atoms with Crippen molar-refractivity contribution >= 4 is 22.6 Å². The highest BCUT2D eigenvalue weighted by atomic mass is 16.5. The van der Waals surface area contributed by atoms with Gasteiger partial charge in [0.05, 0.1) is 6.61 Å². The lowest BCUT2D eigenvalue weighted by molar-refractivity contribution is -0.114. The zero-order valence-corrected chi connectivity index (χ0v) is 14.7. The van der Waals surface area contributed by atoms with E-state index in [9.17, 15) is 4.79 Å². The predicted octanol–water partition coefficient (Wildman–Crippen LogP) is 3.73. The number of ether oxygens (including phenoxy) is 3. The molecule has 0 fully saturated rings. The quantitative estimate of drug-likeness (QED) is 0.601. The number of aromatic amines is 1. The molecule has 0 radical (unpaired) electrons. The molecule has 136 valence electrons. The highest BCUT2D eigenvalue weighted by Crippen LogP contribution is 2.35. The standard InChI is InChI=1S/C19H21N3O4/c1-13(23)22-19-11-15(5-7-21-19)26-18-10-14-4-6-20-16(14)12-17(18)25-9-3-8-24-2/h4-7,10-12,20H,3,8-9H2,1-2H3,(H,21,22,23). The number of nitrogens with one attached hydrogen (secondary N) is 2. The maximum atomic E-state index is 11.2. The van der Waals surface area contributed by atoms with Crippen molar-refractivity contribution in [2.75, 3.05) is 25.6 Å².